The van der Waals surface area contributed by atoms with E-state index >= 15 is 0 Å². The van der Waals surface area contributed by atoms with Gasteiger partial charge in [-0.3, -0.25) is 29.4 Å². The number of nitro benzene ring substituents is 1. The van der Waals surface area contributed by atoms with Crippen LogP contribution in [0.25, 0.3) is 6.08 Å². The number of nitro groups is 1. The van der Waals surface area contributed by atoms with Crippen molar-refractivity contribution in [2.45, 2.75) is 6.54 Å². The number of nitrogens with zero attached hydrogens (tertiary/aromatic N) is 3. The number of non-ortho nitro benzene ring substituents is 1. The lowest BCUT2D eigenvalue weighted by atomic mass is 10.2. The molecule has 2 aromatic rings. The molecule has 2 fully saturated rings. The molecule has 11 heteroatoms. The van der Waals surface area contributed by atoms with Crippen molar-refractivity contribution >= 4 is 40.6 Å². The van der Waals surface area contributed by atoms with Crippen LogP contribution in [0.4, 0.5) is 10.5 Å². The van der Waals surface area contributed by atoms with Crippen LogP contribution in [0.5, 0.6) is 5.75 Å². The van der Waals surface area contributed by atoms with Gasteiger partial charge in [0.05, 0.1) is 29.6 Å². The number of hydrogen-bond donors (Lipinski definition) is 0. The number of imide groups is 1. The number of hydrogen-bond acceptors (Lipinski definition) is 8. The van der Waals surface area contributed by atoms with E-state index in [0.717, 1.165) is 16.7 Å². The van der Waals surface area contributed by atoms with E-state index in [4.69, 9.17) is 9.47 Å². The summed E-state index contributed by atoms with van der Waals surface area (Å²) in [5, 5.41) is 10.5. The Morgan fingerprint density at radius 1 is 1.15 bits per heavy atom. The number of amides is 3. The summed E-state index contributed by atoms with van der Waals surface area (Å²) in [4.78, 5) is 50.7. The van der Waals surface area contributed by atoms with Crippen LogP contribution in [-0.2, 0) is 20.9 Å². The van der Waals surface area contributed by atoms with Gasteiger partial charge < -0.3 is 14.4 Å². The fraction of sp³-hybridized carbons (Fsp3) is 0.261. The van der Waals surface area contributed by atoms with Crippen LogP contribution in [-0.4, -0.2) is 64.7 Å². The Balaban J connectivity index is 1.36. The standard InChI is InChI=1S/C23H21N3O7S/c27-21(24-8-10-32-11-9-24)15-33-19-6-4-16(5-7-19)13-20-22(28)25(23(29)34-20)14-17-2-1-3-18(12-17)26(30)31/h1-7,12-13H,8-11,14-15H2/b20-13-. The van der Waals surface area contributed by atoms with Gasteiger partial charge in [-0.25, -0.2) is 0 Å². The molecule has 3 amide bonds. The molecule has 34 heavy (non-hydrogen) atoms. The van der Waals surface area contributed by atoms with E-state index in [-0.39, 0.29) is 29.7 Å². The molecule has 2 saturated heterocycles. The van der Waals surface area contributed by atoms with Gasteiger partial charge in [-0.05, 0) is 41.1 Å². The van der Waals surface area contributed by atoms with Gasteiger partial charge in [0.15, 0.2) is 6.61 Å². The van der Waals surface area contributed by atoms with Gasteiger partial charge in [-0.2, -0.15) is 0 Å². The third kappa shape index (κ3) is 5.61. The van der Waals surface area contributed by atoms with E-state index in [1.807, 2.05) is 0 Å². The number of carbonyl (C=O) groups excluding carboxylic acids is 3. The van der Waals surface area contributed by atoms with Crippen molar-refractivity contribution in [3.8, 4) is 5.75 Å². The van der Waals surface area contributed by atoms with Crippen molar-refractivity contribution < 1.29 is 28.8 Å². The summed E-state index contributed by atoms with van der Waals surface area (Å²) in [5.74, 6) is -0.0553. The second-order valence-corrected chi connectivity index (χ2v) is 8.54. The molecule has 0 spiro atoms. The summed E-state index contributed by atoms with van der Waals surface area (Å²) in [6, 6.07) is 12.7. The molecule has 4 rings (SSSR count). The monoisotopic (exact) mass is 483 g/mol. The lowest BCUT2D eigenvalue weighted by Crippen LogP contribution is -2.42. The molecular formula is C23H21N3O7S. The molecule has 0 N–H and O–H groups in total. The molecule has 0 saturated carbocycles. The molecule has 10 nitrogen and oxygen atoms in total. The highest BCUT2D eigenvalue weighted by Crippen LogP contribution is 2.33. The highest BCUT2D eigenvalue weighted by Gasteiger charge is 2.35. The number of benzene rings is 2. The third-order valence-electron chi connectivity index (χ3n) is 5.24. The molecule has 176 valence electrons. The zero-order valence-corrected chi connectivity index (χ0v) is 18.9. The Hall–Kier alpha value is -3.70. The van der Waals surface area contributed by atoms with Crippen molar-refractivity contribution in [2.24, 2.45) is 0 Å². The quantitative estimate of drug-likeness (QED) is 0.335. The summed E-state index contributed by atoms with van der Waals surface area (Å²) >= 11 is 0.814. The minimum atomic E-state index is -0.525. The van der Waals surface area contributed by atoms with Gasteiger partial charge in [0.1, 0.15) is 5.75 Å². The SMILES string of the molecule is O=C(COc1ccc(/C=C2\SC(=O)N(Cc3cccc([N+](=O)[O-])c3)C2=O)cc1)N1CCOCC1. The predicted octanol–water partition coefficient (Wildman–Crippen LogP) is 3.07. The fourth-order valence-electron chi connectivity index (χ4n) is 3.45. The van der Waals surface area contributed by atoms with Crippen molar-refractivity contribution in [1.29, 1.82) is 0 Å². The summed E-state index contributed by atoms with van der Waals surface area (Å²) < 4.78 is 10.8. The summed E-state index contributed by atoms with van der Waals surface area (Å²) in [5.41, 5.74) is 1.08. The maximum Gasteiger partial charge on any atom is 0.293 e. The average Bonchev–Trinajstić information content (AvgIpc) is 3.11. The highest BCUT2D eigenvalue weighted by atomic mass is 32.2. The molecular weight excluding hydrogens is 462 g/mol. The first-order valence-electron chi connectivity index (χ1n) is 10.5. The van der Waals surface area contributed by atoms with E-state index in [2.05, 4.69) is 0 Å². The van der Waals surface area contributed by atoms with Gasteiger partial charge in [0, 0.05) is 25.2 Å². The molecule has 0 aromatic heterocycles. The van der Waals surface area contributed by atoms with Crippen LogP contribution >= 0.6 is 11.8 Å². The largest absolute Gasteiger partial charge is 0.484 e. The minimum Gasteiger partial charge on any atom is -0.484 e. The minimum absolute atomic E-state index is 0.0480. The van der Waals surface area contributed by atoms with Crippen molar-refractivity contribution in [1.82, 2.24) is 9.80 Å². The molecule has 0 atom stereocenters. The molecule has 2 aliphatic rings. The van der Waals surface area contributed by atoms with Crippen LogP contribution in [0.3, 0.4) is 0 Å². The lowest BCUT2D eigenvalue weighted by molar-refractivity contribution is -0.384. The van der Waals surface area contributed by atoms with Crippen LogP contribution in [0.2, 0.25) is 0 Å². The second-order valence-electron chi connectivity index (χ2n) is 7.55. The average molecular weight is 484 g/mol. The van der Waals surface area contributed by atoms with Gasteiger partial charge in [-0.15, -0.1) is 0 Å². The summed E-state index contributed by atoms with van der Waals surface area (Å²) in [6.07, 6.45) is 1.60. The fourth-order valence-corrected chi connectivity index (χ4v) is 4.29. The molecule has 2 heterocycles. The summed E-state index contributed by atoms with van der Waals surface area (Å²) in [6.45, 7) is 2.03. The van der Waals surface area contributed by atoms with Crippen molar-refractivity contribution in [2.75, 3.05) is 32.9 Å². The Labute approximate surface area is 199 Å². The van der Waals surface area contributed by atoms with Gasteiger partial charge in [0.2, 0.25) is 0 Å². The smallest absolute Gasteiger partial charge is 0.293 e. The second kappa shape index (κ2) is 10.5. The zero-order valence-electron chi connectivity index (χ0n) is 18.0. The highest BCUT2D eigenvalue weighted by molar-refractivity contribution is 8.18. The first kappa shape index (κ1) is 23.5. The van der Waals surface area contributed by atoms with Crippen LogP contribution in [0, 0.1) is 10.1 Å². The maximum atomic E-state index is 12.7. The molecule has 0 radical (unpaired) electrons. The summed E-state index contributed by atoms with van der Waals surface area (Å²) in [7, 11) is 0. The Bertz CT molecular complexity index is 1140. The normalized spacial score (nSPS) is 17.4. The molecule has 0 unspecified atom stereocenters. The molecule has 2 aliphatic heterocycles. The first-order valence-corrected chi connectivity index (χ1v) is 11.3. The number of thioether (sulfide) groups is 1. The van der Waals surface area contributed by atoms with Crippen LogP contribution in [0.15, 0.2) is 53.4 Å². The van der Waals surface area contributed by atoms with E-state index in [1.54, 1.807) is 41.3 Å². The van der Waals surface area contributed by atoms with Crippen molar-refractivity contribution in [3.05, 3.63) is 74.7 Å². The number of ether oxygens (including phenoxy) is 2. The molecule has 0 aliphatic carbocycles. The number of rotatable bonds is 7. The Morgan fingerprint density at radius 3 is 2.59 bits per heavy atom. The lowest BCUT2D eigenvalue weighted by Gasteiger charge is -2.26. The predicted molar refractivity (Wildman–Crippen MR) is 124 cm³/mol. The maximum absolute atomic E-state index is 12.7. The number of morpholine rings is 1. The first-order chi connectivity index (χ1) is 16.4. The third-order valence-corrected chi connectivity index (χ3v) is 6.15. The number of carbonyl (C=O) groups is 3. The van der Waals surface area contributed by atoms with E-state index in [9.17, 15) is 24.5 Å². The Kier molecular flexibility index (Phi) is 7.24. The zero-order chi connectivity index (χ0) is 24.1. The van der Waals surface area contributed by atoms with Gasteiger partial charge in [-0.1, -0.05) is 24.3 Å². The van der Waals surface area contributed by atoms with Gasteiger partial charge >= 0.3 is 0 Å². The molecule has 2 aromatic carbocycles. The van der Waals surface area contributed by atoms with E-state index in [1.165, 1.54) is 18.2 Å². The van der Waals surface area contributed by atoms with Crippen LogP contribution < -0.4 is 4.74 Å². The Morgan fingerprint density at radius 2 is 1.88 bits per heavy atom. The van der Waals surface area contributed by atoms with Crippen LogP contribution in [0.1, 0.15) is 11.1 Å². The topological polar surface area (TPSA) is 119 Å². The molecule has 0 bridgehead atoms. The van der Waals surface area contributed by atoms with Crippen molar-refractivity contribution in [3.63, 3.8) is 0 Å². The van der Waals surface area contributed by atoms with E-state index in [0.29, 0.717) is 43.2 Å². The van der Waals surface area contributed by atoms with E-state index < -0.39 is 16.1 Å². The van der Waals surface area contributed by atoms with Gasteiger partial charge in [0.25, 0.3) is 22.7 Å².